The smallest absolute Gasteiger partial charge is 0.223 e. The highest BCUT2D eigenvalue weighted by Gasteiger charge is 2.23. The van der Waals surface area contributed by atoms with Gasteiger partial charge in [0.05, 0.1) is 5.52 Å². The molecule has 26 heavy (non-hydrogen) atoms. The Hall–Kier alpha value is -2.69. The van der Waals surface area contributed by atoms with Gasteiger partial charge >= 0.3 is 0 Å². The van der Waals surface area contributed by atoms with Crippen molar-refractivity contribution in [3.63, 3.8) is 0 Å². The van der Waals surface area contributed by atoms with Crippen LogP contribution in [-0.2, 0) is 17.8 Å². The molecule has 3 aromatic rings. The van der Waals surface area contributed by atoms with Crippen LogP contribution in [0.5, 0.6) is 0 Å². The number of nitrogens with one attached hydrogen (secondary N) is 1. The first-order valence-corrected chi connectivity index (χ1v) is 9.39. The summed E-state index contributed by atoms with van der Waals surface area (Å²) in [5.41, 5.74) is 2.82. The number of imidazole rings is 1. The fourth-order valence-electron chi connectivity index (χ4n) is 3.44. The molecule has 4 rings (SSSR count). The number of carbonyl (C=O) groups is 1. The van der Waals surface area contributed by atoms with Crippen molar-refractivity contribution in [2.75, 3.05) is 6.54 Å². The maximum atomic E-state index is 12.9. The predicted molar refractivity (Wildman–Crippen MR) is 101 cm³/mol. The number of carbonyl (C=O) groups excluding carboxylic acids is 1. The minimum atomic E-state index is 0.203. The van der Waals surface area contributed by atoms with Crippen LogP contribution in [0.25, 0.3) is 11.2 Å². The molecule has 1 aliphatic rings. The van der Waals surface area contributed by atoms with E-state index in [2.05, 4.69) is 27.1 Å². The third-order valence-electron chi connectivity index (χ3n) is 5.15. The maximum absolute atomic E-state index is 12.9. The summed E-state index contributed by atoms with van der Waals surface area (Å²) in [5, 5.41) is 0. The number of aromatic nitrogens is 3. The monoisotopic (exact) mass is 348 g/mol. The first-order chi connectivity index (χ1) is 12.8. The summed E-state index contributed by atoms with van der Waals surface area (Å²) in [6, 6.07) is 14.1. The molecule has 2 heterocycles. The molecule has 5 nitrogen and oxygen atoms in total. The number of H-pyrrole nitrogens is 1. The Labute approximate surface area is 153 Å². The van der Waals surface area contributed by atoms with Crippen molar-refractivity contribution in [3.05, 3.63) is 60.0 Å². The predicted octanol–water partition coefficient (Wildman–Crippen LogP) is 3.72. The van der Waals surface area contributed by atoms with Crippen LogP contribution in [0.4, 0.5) is 0 Å². The Morgan fingerprint density at radius 3 is 2.73 bits per heavy atom. The number of amides is 1. The van der Waals surface area contributed by atoms with E-state index in [-0.39, 0.29) is 5.91 Å². The minimum absolute atomic E-state index is 0.203. The molecule has 5 heteroatoms. The van der Waals surface area contributed by atoms with Crippen molar-refractivity contribution in [2.45, 2.75) is 38.6 Å². The highest BCUT2D eigenvalue weighted by molar-refractivity contribution is 5.76. The standard InChI is InChI=1S/C21H24N4O/c26-20(12-11-19-23-18-10-5-13-22-21(18)24-19)25(15-17-8-4-9-17)14-16-6-2-1-3-7-16/h1-3,5-7,10,13,17H,4,8-9,11-12,14-15H2,(H,22,23,24). The quantitative estimate of drug-likeness (QED) is 0.708. The molecule has 0 spiro atoms. The Bertz CT molecular complexity index is 837. The number of pyridine rings is 1. The van der Waals surface area contributed by atoms with Crippen molar-refractivity contribution < 1.29 is 4.79 Å². The molecule has 0 radical (unpaired) electrons. The third-order valence-corrected chi connectivity index (χ3v) is 5.15. The molecule has 0 bridgehead atoms. The van der Waals surface area contributed by atoms with Crippen molar-refractivity contribution in [2.24, 2.45) is 5.92 Å². The van der Waals surface area contributed by atoms with Gasteiger partial charge in [-0.3, -0.25) is 4.79 Å². The maximum Gasteiger partial charge on any atom is 0.223 e. The van der Waals surface area contributed by atoms with Gasteiger partial charge in [-0.2, -0.15) is 0 Å². The SMILES string of the molecule is O=C(CCc1nc2ncccc2[nH]1)N(Cc1ccccc1)CC1CCC1. The summed E-state index contributed by atoms with van der Waals surface area (Å²) in [5.74, 6) is 1.70. The van der Waals surface area contributed by atoms with Crippen molar-refractivity contribution in [1.82, 2.24) is 19.9 Å². The van der Waals surface area contributed by atoms with E-state index in [1.165, 1.54) is 24.8 Å². The van der Waals surface area contributed by atoms with E-state index in [1.54, 1.807) is 6.20 Å². The molecule has 1 aromatic carbocycles. The van der Waals surface area contributed by atoms with Gasteiger partial charge < -0.3 is 9.88 Å². The van der Waals surface area contributed by atoms with E-state index < -0.39 is 0 Å². The summed E-state index contributed by atoms with van der Waals surface area (Å²) in [6.07, 6.45) is 6.61. The van der Waals surface area contributed by atoms with Gasteiger partial charge in [0.1, 0.15) is 5.82 Å². The van der Waals surface area contributed by atoms with E-state index >= 15 is 0 Å². The van der Waals surface area contributed by atoms with E-state index in [0.717, 1.165) is 17.9 Å². The van der Waals surface area contributed by atoms with Crippen LogP contribution in [0.3, 0.4) is 0 Å². The molecule has 0 saturated heterocycles. The molecule has 1 saturated carbocycles. The van der Waals surface area contributed by atoms with E-state index in [9.17, 15) is 4.79 Å². The van der Waals surface area contributed by atoms with Crippen LogP contribution in [-0.4, -0.2) is 32.3 Å². The Balaban J connectivity index is 1.41. The summed E-state index contributed by atoms with van der Waals surface area (Å²) in [4.78, 5) is 26.9. The van der Waals surface area contributed by atoms with Gasteiger partial charge in [-0.05, 0) is 36.5 Å². The van der Waals surface area contributed by atoms with Crippen LogP contribution in [0.15, 0.2) is 48.7 Å². The van der Waals surface area contributed by atoms with Crippen molar-refractivity contribution in [1.29, 1.82) is 0 Å². The summed E-state index contributed by atoms with van der Waals surface area (Å²) < 4.78 is 0. The van der Waals surface area contributed by atoms with Gasteiger partial charge in [0, 0.05) is 32.1 Å². The Kier molecular flexibility index (Phi) is 4.95. The zero-order valence-corrected chi connectivity index (χ0v) is 14.9. The van der Waals surface area contributed by atoms with E-state index in [1.807, 2.05) is 35.2 Å². The van der Waals surface area contributed by atoms with Crippen LogP contribution in [0.2, 0.25) is 0 Å². The Morgan fingerprint density at radius 2 is 2.00 bits per heavy atom. The number of aromatic amines is 1. The van der Waals surface area contributed by atoms with Gasteiger partial charge in [-0.1, -0.05) is 36.8 Å². The first-order valence-electron chi connectivity index (χ1n) is 9.39. The molecule has 1 fully saturated rings. The lowest BCUT2D eigenvalue weighted by Crippen LogP contribution is -2.37. The number of benzene rings is 1. The lowest BCUT2D eigenvalue weighted by atomic mass is 9.85. The Morgan fingerprint density at radius 1 is 1.15 bits per heavy atom. The van der Waals surface area contributed by atoms with Crippen molar-refractivity contribution in [3.8, 4) is 0 Å². The zero-order valence-electron chi connectivity index (χ0n) is 14.9. The fraction of sp³-hybridized carbons (Fsp3) is 0.381. The lowest BCUT2D eigenvalue weighted by molar-refractivity contribution is -0.132. The van der Waals surface area contributed by atoms with Gasteiger partial charge in [-0.25, -0.2) is 9.97 Å². The van der Waals surface area contributed by atoms with Gasteiger partial charge in [-0.15, -0.1) is 0 Å². The number of fused-ring (bicyclic) bond motifs is 1. The second-order valence-corrected chi connectivity index (χ2v) is 7.11. The van der Waals surface area contributed by atoms with Crippen LogP contribution >= 0.6 is 0 Å². The number of hydrogen-bond donors (Lipinski definition) is 1. The highest BCUT2D eigenvalue weighted by atomic mass is 16.2. The van der Waals surface area contributed by atoms with E-state index in [0.29, 0.717) is 31.0 Å². The summed E-state index contributed by atoms with van der Waals surface area (Å²) >= 11 is 0. The number of hydrogen-bond acceptors (Lipinski definition) is 3. The molecule has 0 aliphatic heterocycles. The van der Waals surface area contributed by atoms with Crippen LogP contribution < -0.4 is 0 Å². The lowest BCUT2D eigenvalue weighted by Gasteiger charge is -2.32. The number of nitrogens with zero attached hydrogens (tertiary/aromatic N) is 3. The molecule has 0 atom stereocenters. The molecular weight excluding hydrogens is 324 g/mol. The topological polar surface area (TPSA) is 61.9 Å². The number of rotatable bonds is 7. The molecule has 1 aliphatic carbocycles. The minimum Gasteiger partial charge on any atom is -0.341 e. The summed E-state index contributed by atoms with van der Waals surface area (Å²) in [7, 11) is 0. The second-order valence-electron chi connectivity index (χ2n) is 7.11. The molecule has 1 amide bonds. The molecule has 0 unspecified atom stereocenters. The summed E-state index contributed by atoms with van der Waals surface area (Å²) in [6.45, 7) is 1.56. The molecule has 1 N–H and O–H groups in total. The van der Waals surface area contributed by atoms with E-state index in [4.69, 9.17) is 0 Å². The zero-order chi connectivity index (χ0) is 17.8. The third kappa shape index (κ3) is 3.93. The van der Waals surface area contributed by atoms with Gasteiger partial charge in [0.15, 0.2) is 5.65 Å². The molecular formula is C21H24N4O. The highest BCUT2D eigenvalue weighted by Crippen LogP contribution is 2.28. The average Bonchev–Trinajstić information content (AvgIpc) is 3.05. The fourth-order valence-corrected chi connectivity index (χ4v) is 3.44. The molecule has 134 valence electrons. The number of aryl methyl sites for hydroxylation is 1. The van der Waals surface area contributed by atoms with Crippen LogP contribution in [0.1, 0.15) is 37.1 Å². The van der Waals surface area contributed by atoms with Gasteiger partial charge in [0.25, 0.3) is 0 Å². The van der Waals surface area contributed by atoms with Gasteiger partial charge in [0.2, 0.25) is 5.91 Å². The molecule has 2 aromatic heterocycles. The van der Waals surface area contributed by atoms with Crippen molar-refractivity contribution >= 4 is 17.1 Å². The van der Waals surface area contributed by atoms with Crippen LogP contribution in [0, 0.1) is 5.92 Å². The average molecular weight is 348 g/mol. The second kappa shape index (κ2) is 7.68. The normalized spacial score (nSPS) is 14.3. The first kappa shape index (κ1) is 16.8. The largest absolute Gasteiger partial charge is 0.341 e.